The Hall–Kier alpha value is -2.02. The highest BCUT2D eigenvalue weighted by atomic mass is 16.6. The van der Waals surface area contributed by atoms with Gasteiger partial charge in [0.25, 0.3) is 5.69 Å². The Balaban J connectivity index is 2.02. The molecule has 1 N–H and O–H groups in total. The summed E-state index contributed by atoms with van der Waals surface area (Å²) in [6.45, 7) is 7.05. The number of anilines is 2. The van der Waals surface area contributed by atoms with Crippen LogP contribution in [0.15, 0.2) is 12.1 Å². The number of nitro benzene ring substituents is 1. The summed E-state index contributed by atoms with van der Waals surface area (Å²) in [5.74, 6) is 0.665. The molecule has 114 valence electrons. The monoisotopic (exact) mass is 293 g/mol. The molecule has 2 aliphatic heterocycles. The molecule has 1 aromatic carbocycles. The maximum absolute atomic E-state index is 11.4. The van der Waals surface area contributed by atoms with Crippen molar-refractivity contribution in [2.45, 2.75) is 19.4 Å². The van der Waals surface area contributed by atoms with E-state index in [2.05, 4.69) is 5.32 Å². The molecule has 0 radical (unpaired) electrons. The molecule has 0 aromatic heterocycles. The molecule has 7 heteroatoms. The summed E-state index contributed by atoms with van der Waals surface area (Å²) in [5, 5.41) is 14.6. The molecule has 0 atom stereocenters. The Labute approximate surface area is 123 Å². The van der Waals surface area contributed by atoms with Crippen molar-refractivity contribution in [3.63, 3.8) is 0 Å². The Kier molecular flexibility index (Phi) is 3.36. The van der Waals surface area contributed by atoms with Crippen molar-refractivity contribution < 1.29 is 14.4 Å². The van der Waals surface area contributed by atoms with Gasteiger partial charge in [-0.3, -0.25) is 10.1 Å². The number of rotatable bonds is 2. The minimum atomic E-state index is -0.341. The molecule has 2 heterocycles. The van der Waals surface area contributed by atoms with Crippen molar-refractivity contribution in [3.8, 4) is 5.75 Å². The lowest BCUT2D eigenvalue weighted by atomic mass is 10.1. The van der Waals surface area contributed by atoms with E-state index in [1.54, 1.807) is 12.1 Å². The predicted octanol–water partition coefficient (Wildman–Crippen LogP) is 2.01. The number of fused-ring (bicyclic) bond motifs is 1. The van der Waals surface area contributed by atoms with Crippen LogP contribution in [0.5, 0.6) is 5.75 Å². The molecule has 0 amide bonds. The third-order valence-corrected chi connectivity index (χ3v) is 3.72. The van der Waals surface area contributed by atoms with Gasteiger partial charge in [-0.2, -0.15) is 0 Å². The molecule has 0 saturated carbocycles. The highest BCUT2D eigenvalue weighted by Gasteiger charge is 2.31. The van der Waals surface area contributed by atoms with E-state index < -0.39 is 0 Å². The second kappa shape index (κ2) is 5.07. The predicted molar refractivity (Wildman–Crippen MR) is 79.3 cm³/mol. The second-order valence-corrected chi connectivity index (χ2v) is 5.91. The molecule has 1 aromatic rings. The first-order valence-corrected chi connectivity index (χ1v) is 7.04. The minimum Gasteiger partial charge on any atom is -0.484 e. The Morgan fingerprint density at radius 1 is 1.33 bits per heavy atom. The van der Waals surface area contributed by atoms with E-state index in [-0.39, 0.29) is 16.2 Å². The van der Waals surface area contributed by atoms with Crippen molar-refractivity contribution >= 4 is 17.1 Å². The summed E-state index contributed by atoms with van der Waals surface area (Å²) in [7, 11) is 0. The van der Waals surface area contributed by atoms with Gasteiger partial charge in [-0.15, -0.1) is 0 Å². The zero-order chi connectivity index (χ0) is 15.0. The fourth-order valence-electron chi connectivity index (χ4n) is 2.63. The molecule has 0 bridgehead atoms. The minimum absolute atomic E-state index is 0.103. The van der Waals surface area contributed by atoms with E-state index >= 15 is 0 Å². The van der Waals surface area contributed by atoms with E-state index in [1.807, 2.05) is 18.7 Å². The van der Waals surface area contributed by atoms with Gasteiger partial charge < -0.3 is 19.7 Å². The summed E-state index contributed by atoms with van der Waals surface area (Å²) in [4.78, 5) is 13.0. The molecular weight excluding hydrogens is 274 g/mol. The lowest BCUT2D eigenvalue weighted by molar-refractivity contribution is -0.384. The lowest BCUT2D eigenvalue weighted by Crippen LogP contribution is -2.40. The highest BCUT2D eigenvalue weighted by molar-refractivity contribution is 5.75. The Morgan fingerprint density at radius 2 is 2.05 bits per heavy atom. The zero-order valence-electron chi connectivity index (χ0n) is 12.2. The zero-order valence-corrected chi connectivity index (χ0v) is 12.2. The van der Waals surface area contributed by atoms with Gasteiger partial charge in [0.15, 0.2) is 0 Å². The average molecular weight is 293 g/mol. The van der Waals surface area contributed by atoms with Crippen molar-refractivity contribution in [2.75, 3.05) is 43.1 Å². The van der Waals surface area contributed by atoms with Crippen LogP contribution < -0.4 is 15.0 Å². The van der Waals surface area contributed by atoms with E-state index in [1.165, 1.54) is 0 Å². The highest BCUT2D eigenvalue weighted by Crippen LogP contribution is 2.42. The molecule has 0 spiro atoms. The summed E-state index contributed by atoms with van der Waals surface area (Å²) in [6.07, 6.45) is 0. The van der Waals surface area contributed by atoms with Crippen LogP contribution in [-0.2, 0) is 4.74 Å². The quantitative estimate of drug-likeness (QED) is 0.664. The van der Waals surface area contributed by atoms with Gasteiger partial charge in [-0.05, 0) is 13.8 Å². The van der Waals surface area contributed by atoms with Crippen molar-refractivity contribution in [2.24, 2.45) is 0 Å². The van der Waals surface area contributed by atoms with Crippen molar-refractivity contribution in [3.05, 3.63) is 22.2 Å². The molecule has 7 nitrogen and oxygen atoms in total. The molecule has 1 saturated heterocycles. The van der Waals surface area contributed by atoms with Gasteiger partial charge in [-0.25, -0.2) is 0 Å². The molecular formula is C14H19N3O4. The van der Waals surface area contributed by atoms with Crippen LogP contribution in [-0.4, -0.2) is 43.4 Å². The summed E-state index contributed by atoms with van der Waals surface area (Å²) < 4.78 is 11.3. The van der Waals surface area contributed by atoms with Gasteiger partial charge in [0.2, 0.25) is 0 Å². The Morgan fingerprint density at radius 3 is 2.71 bits per heavy atom. The van der Waals surface area contributed by atoms with Crippen LogP contribution in [0.4, 0.5) is 17.1 Å². The lowest BCUT2D eigenvalue weighted by Gasteiger charge is -2.35. The number of benzene rings is 1. The molecule has 2 aliphatic rings. The molecule has 3 rings (SSSR count). The van der Waals surface area contributed by atoms with Crippen LogP contribution in [0.2, 0.25) is 0 Å². The number of ether oxygens (including phenoxy) is 2. The SMILES string of the molecule is CC1(C)CNc2cc([N+](=O)[O-])c(N3CCOCC3)cc2O1. The van der Waals surface area contributed by atoms with E-state index in [0.717, 1.165) is 0 Å². The number of morpholine rings is 1. The van der Waals surface area contributed by atoms with Crippen LogP contribution in [0, 0.1) is 10.1 Å². The number of nitrogens with one attached hydrogen (secondary N) is 1. The summed E-state index contributed by atoms with van der Waals surface area (Å²) >= 11 is 0. The summed E-state index contributed by atoms with van der Waals surface area (Å²) in [5.41, 5.74) is 1.05. The van der Waals surface area contributed by atoms with E-state index in [0.29, 0.717) is 50.0 Å². The maximum atomic E-state index is 11.4. The number of hydrogen-bond acceptors (Lipinski definition) is 6. The topological polar surface area (TPSA) is 76.9 Å². The summed E-state index contributed by atoms with van der Waals surface area (Å²) in [6, 6.07) is 3.34. The van der Waals surface area contributed by atoms with Gasteiger partial charge in [0, 0.05) is 25.2 Å². The molecule has 1 fully saturated rings. The molecule has 21 heavy (non-hydrogen) atoms. The molecule has 0 unspecified atom stereocenters. The van der Waals surface area contributed by atoms with E-state index in [4.69, 9.17) is 9.47 Å². The first-order chi connectivity index (χ1) is 9.96. The average Bonchev–Trinajstić information content (AvgIpc) is 2.45. The third-order valence-electron chi connectivity index (χ3n) is 3.72. The van der Waals surface area contributed by atoms with Crippen LogP contribution in [0.1, 0.15) is 13.8 Å². The second-order valence-electron chi connectivity index (χ2n) is 5.91. The van der Waals surface area contributed by atoms with Gasteiger partial charge in [-0.1, -0.05) is 0 Å². The van der Waals surface area contributed by atoms with Crippen molar-refractivity contribution in [1.82, 2.24) is 0 Å². The van der Waals surface area contributed by atoms with Gasteiger partial charge in [0.05, 0.1) is 30.4 Å². The fraction of sp³-hybridized carbons (Fsp3) is 0.571. The van der Waals surface area contributed by atoms with Gasteiger partial charge >= 0.3 is 0 Å². The smallest absolute Gasteiger partial charge is 0.294 e. The molecule has 0 aliphatic carbocycles. The largest absolute Gasteiger partial charge is 0.484 e. The fourth-order valence-corrected chi connectivity index (χ4v) is 2.63. The van der Waals surface area contributed by atoms with Crippen molar-refractivity contribution in [1.29, 1.82) is 0 Å². The van der Waals surface area contributed by atoms with Crippen LogP contribution >= 0.6 is 0 Å². The maximum Gasteiger partial charge on any atom is 0.294 e. The first kappa shape index (κ1) is 13.9. The third kappa shape index (κ3) is 2.73. The first-order valence-electron chi connectivity index (χ1n) is 7.04. The van der Waals surface area contributed by atoms with Gasteiger partial charge in [0.1, 0.15) is 17.0 Å². The van der Waals surface area contributed by atoms with Crippen LogP contribution in [0.3, 0.4) is 0 Å². The number of nitro groups is 1. The number of nitrogens with zero attached hydrogens (tertiary/aromatic N) is 2. The number of hydrogen-bond donors (Lipinski definition) is 1. The normalized spacial score (nSPS) is 20.2. The van der Waals surface area contributed by atoms with E-state index in [9.17, 15) is 10.1 Å². The van der Waals surface area contributed by atoms with Crippen LogP contribution in [0.25, 0.3) is 0 Å². The Bertz CT molecular complexity index is 568. The standard InChI is InChI=1S/C14H19N3O4/c1-14(2)9-15-10-7-12(17(18)19)11(8-13(10)21-14)16-3-5-20-6-4-16/h7-8,15H,3-6,9H2,1-2H3.